The molecule has 1 aliphatic rings. The minimum atomic E-state index is -0.781. The van der Waals surface area contributed by atoms with Gasteiger partial charge in [-0.1, -0.05) is 23.4 Å². The Morgan fingerprint density at radius 1 is 1.31 bits per heavy atom. The molecule has 0 bridgehead atoms. The van der Waals surface area contributed by atoms with Gasteiger partial charge in [-0.3, -0.25) is 14.3 Å². The number of rotatable bonds is 6. The largest absolute Gasteiger partial charge is 0.391 e. The molecule has 2 heterocycles. The van der Waals surface area contributed by atoms with E-state index in [0.29, 0.717) is 18.1 Å². The fourth-order valence-corrected chi connectivity index (χ4v) is 3.65. The highest BCUT2D eigenvalue weighted by Crippen LogP contribution is 2.26. The summed E-state index contributed by atoms with van der Waals surface area (Å²) in [5.41, 5.74) is 0.864. The van der Waals surface area contributed by atoms with Crippen LogP contribution in [0.25, 0.3) is 10.9 Å². The molecule has 29 heavy (non-hydrogen) atoms. The summed E-state index contributed by atoms with van der Waals surface area (Å²) < 4.78 is 6.48. The van der Waals surface area contributed by atoms with Crippen LogP contribution in [0.5, 0.6) is 0 Å². The molecule has 10 heteroatoms. The third-order valence-corrected chi connectivity index (χ3v) is 5.08. The first-order chi connectivity index (χ1) is 14.0. The molecule has 2 amide bonds. The van der Waals surface area contributed by atoms with Crippen LogP contribution in [0.2, 0.25) is 0 Å². The van der Waals surface area contributed by atoms with Crippen LogP contribution in [-0.4, -0.2) is 49.0 Å². The van der Waals surface area contributed by atoms with E-state index in [9.17, 15) is 14.7 Å². The summed E-state index contributed by atoms with van der Waals surface area (Å²) in [5, 5.41) is 24.8. The molecule has 0 unspecified atom stereocenters. The van der Waals surface area contributed by atoms with E-state index in [1.54, 1.807) is 17.8 Å². The van der Waals surface area contributed by atoms with E-state index in [4.69, 9.17) is 4.52 Å². The number of aryl methyl sites for hydroxylation is 1. The van der Waals surface area contributed by atoms with Gasteiger partial charge in [0.15, 0.2) is 5.82 Å². The quantitative estimate of drug-likeness (QED) is 0.543. The molecule has 1 aliphatic carbocycles. The van der Waals surface area contributed by atoms with E-state index in [1.165, 1.54) is 0 Å². The SMILES string of the molecule is Cc1nc(CNC(=O)[C@H]2C[C@H](NC(=O)Cn3ncc4ccccc43)[C@@H](O)C2)no1. The molecular formula is C19H22N6O4. The number of aliphatic hydroxyl groups is 1. The standard InChI is InChI=1S/C19H22N6O4/c1-11-22-17(24-29-11)9-20-19(28)13-6-14(16(26)7-13)23-18(27)10-25-15-5-3-2-4-12(15)8-21-25/h2-5,8,13-14,16,26H,6-7,9-10H2,1H3,(H,20,28)(H,23,27)/t13-,14-,16-/m0/s1. The minimum absolute atomic E-state index is 0.0464. The molecule has 0 aliphatic heterocycles. The van der Waals surface area contributed by atoms with E-state index in [1.807, 2.05) is 24.3 Å². The first-order valence-electron chi connectivity index (χ1n) is 9.44. The van der Waals surface area contributed by atoms with Crippen molar-refractivity contribution in [3.63, 3.8) is 0 Å². The Balaban J connectivity index is 1.30. The molecule has 0 radical (unpaired) electrons. The van der Waals surface area contributed by atoms with Crippen molar-refractivity contribution in [3.05, 3.63) is 42.2 Å². The van der Waals surface area contributed by atoms with Gasteiger partial charge in [0.1, 0.15) is 6.54 Å². The number of hydrogen-bond acceptors (Lipinski definition) is 7. The van der Waals surface area contributed by atoms with Crippen molar-refractivity contribution in [2.24, 2.45) is 5.92 Å². The summed E-state index contributed by atoms with van der Waals surface area (Å²) >= 11 is 0. The number of nitrogens with one attached hydrogen (secondary N) is 2. The third-order valence-electron chi connectivity index (χ3n) is 5.08. The number of hydrogen-bond donors (Lipinski definition) is 3. The zero-order chi connectivity index (χ0) is 20.4. The fraction of sp³-hybridized carbons (Fsp3) is 0.421. The van der Waals surface area contributed by atoms with E-state index in [-0.39, 0.29) is 31.3 Å². The first kappa shape index (κ1) is 19.1. The Morgan fingerprint density at radius 2 is 2.14 bits per heavy atom. The van der Waals surface area contributed by atoms with Crippen LogP contribution in [0.15, 0.2) is 35.0 Å². The van der Waals surface area contributed by atoms with Crippen molar-refractivity contribution in [1.82, 2.24) is 30.6 Å². The highest BCUT2D eigenvalue weighted by molar-refractivity contribution is 5.82. The number of carbonyl (C=O) groups excluding carboxylic acids is 2. The van der Waals surface area contributed by atoms with Crippen LogP contribution in [0.3, 0.4) is 0 Å². The normalized spacial score (nSPS) is 21.4. The molecule has 2 aromatic heterocycles. The molecule has 3 aromatic rings. The van der Waals surface area contributed by atoms with Crippen LogP contribution in [-0.2, 0) is 22.7 Å². The van der Waals surface area contributed by atoms with Crippen molar-refractivity contribution in [2.75, 3.05) is 0 Å². The molecule has 152 valence electrons. The second-order valence-corrected chi connectivity index (χ2v) is 7.22. The molecular weight excluding hydrogens is 376 g/mol. The third kappa shape index (κ3) is 4.27. The summed E-state index contributed by atoms with van der Waals surface area (Å²) in [7, 11) is 0. The second kappa shape index (κ2) is 8.00. The number of benzene rings is 1. The Labute approximate surface area is 166 Å². The van der Waals surface area contributed by atoms with Crippen LogP contribution < -0.4 is 10.6 Å². The lowest BCUT2D eigenvalue weighted by Crippen LogP contribution is -2.41. The van der Waals surface area contributed by atoms with Crippen molar-refractivity contribution >= 4 is 22.7 Å². The first-order valence-corrected chi connectivity index (χ1v) is 9.44. The van der Waals surface area contributed by atoms with Crippen LogP contribution in [0, 0.1) is 12.8 Å². The molecule has 1 fully saturated rings. The molecule has 4 rings (SSSR count). The van der Waals surface area contributed by atoms with Gasteiger partial charge in [0.25, 0.3) is 0 Å². The van der Waals surface area contributed by atoms with Crippen molar-refractivity contribution in [1.29, 1.82) is 0 Å². The summed E-state index contributed by atoms with van der Waals surface area (Å²) in [5.74, 6) is -0.0367. The maximum absolute atomic E-state index is 12.4. The lowest BCUT2D eigenvalue weighted by Gasteiger charge is -2.16. The summed E-state index contributed by atoms with van der Waals surface area (Å²) in [4.78, 5) is 28.8. The van der Waals surface area contributed by atoms with Gasteiger partial charge in [0.2, 0.25) is 17.7 Å². The van der Waals surface area contributed by atoms with E-state index < -0.39 is 18.1 Å². The zero-order valence-corrected chi connectivity index (χ0v) is 15.9. The average molecular weight is 398 g/mol. The Kier molecular flexibility index (Phi) is 5.26. The number of amides is 2. The summed E-state index contributed by atoms with van der Waals surface area (Å²) in [6.45, 7) is 1.88. The van der Waals surface area contributed by atoms with Gasteiger partial charge in [-0.15, -0.1) is 0 Å². The molecule has 0 saturated heterocycles. The lowest BCUT2D eigenvalue weighted by molar-refractivity contribution is -0.125. The smallest absolute Gasteiger partial charge is 0.242 e. The maximum Gasteiger partial charge on any atom is 0.242 e. The van der Waals surface area contributed by atoms with E-state index >= 15 is 0 Å². The second-order valence-electron chi connectivity index (χ2n) is 7.22. The number of nitrogens with zero attached hydrogens (tertiary/aromatic N) is 4. The highest BCUT2D eigenvalue weighted by atomic mass is 16.5. The van der Waals surface area contributed by atoms with Gasteiger partial charge in [-0.25, -0.2) is 0 Å². The van der Waals surface area contributed by atoms with Gasteiger partial charge in [-0.05, 0) is 18.9 Å². The number of aromatic nitrogens is 4. The van der Waals surface area contributed by atoms with E-state index in [0.717, 1.165) is 10.9 Å². The van der Waals surface area contributed by atoms with Crippen LogP contribution >= 0.6 is 0 Å². The summed E-state index contributed by atoms with van der Waals surface area (Å²) in [6, 6.07) is 7.14. The number of para-hydroxylation sites is 1. The summed E-state index contributed by atoms with van der Waals surface area (Å²) in [6.07, 6.45) is 1.58. The molecule has 3 atom stereocenters. The molecule has 0 spiro atoms. The zero-order valence-electron chi connectivity index (χ0n) is 15.9. The molecule has 1 aromatic carbocycles. The van der Waals surface area contributed by atoms with Crippen molar-refractivity contribution < 1.29 is 19.2 Å². The van der Waals surface area contributed by atoms with Gasteiger partial charge >= 0.3 is 0 Å². The Bertz CT molecular complexity index is 1030. The minimum Gasteiger partial charge on any atom is -0.391 e. The topological polar surface area (TPSA) is 135 Å². The van der Waals surface area contributed by atoms with Gasteiger partial charge in [-0.2, -0.15) is 10.1 Å². The Hall–Kier alpha value is -3.27. The lowest BCUT2D eigenvalue weighted by atomic mass is 10.1. The maximum atomic E-state index is 12.4. The molecule has 3 N–H and O–H groups in total. The van der Waals surface area contributed by atoms with Gasteiger partial charge in [0, 0.05) is 18.2 Å². The van der Waals surface area contributed by atoms with E-state index in [2.05, 4.69) is 25.9 Å². The number of aliphatic hydroxyl groups excluding tert-OH is 1. The number of carbonyl (C=O) groups is 2. The Morgan fingerprint density at radius 3 is 2.93 bits per heavy atom. The van der Waals surface area contributed by atoms with Crippen LogP contribution in [0.4, 0.5) is 0 Å². The predicted molar refractivity (Wildman–Crippen MR) is 101 cm³/mol. The van der Waals surface area contributed by atoms with Crippen LogP contribution in [0.1, 0.15) is 24.6 Å². The highest BCUT2D eigenvalue weighted by Gasteiger charge is 2.37. The number of fused-ring (bicyclic) bond motifs is 1. The fourth-order valence-electron chi connectivity index (χ4n) is 3.65. The average Bonchev–Trinajstić information content (AvgIpc) is 3.40. The van der Waals surface area contributed by atoms with Crippen molar-refractivity contribution in [3.8, 4) is 0 Å². The molecule has 1 saturated carbocycles. The van der Waals surface area contributed by atoms with Crippen molar-refractivity contribution in [2.45, 2.75) is 45.0 Å². The molecule has 10 nitrogen and oxygen atoms in total. The van der Waals surface area contributed by atoms with Gasteiger partial charge < -0.3 is 20.3 Å². The monoisotopic (exact) mass is 398 g/mol. The van der Waals surface area contributed by atoms with Gasteiger partial charge in [0.05, 0.1) is 30.4 Å². The predicted octanol–water partition coefficient (Wildman–Crippen LogP) is 0.300.